The molecule has 218 valence electrons. The van der Waals surface area contributed by atoms with Gasteiger partial charge < -0.3 is 30.0 Å². The van der Waals surface area contributed by atoms with E-state index in [1.165, 1.54) is 6.42 Å². The Bertz CT molecular complexity index is 1500. The van der Waals surface area contributed by atoms with E-state index in [0.717, 1.165) is 31.1 Å². The zero-order valence-electron chi connectivity index (χ0n) is 23.5. The Balaban J connectivity index is 1.24. The van der Waals surface area contributed by atoms with Crippen molar-refractivity contribution < 1.29 is 28.9 Å². The van der Waals surface area contributed by atoms with Gasteiger partial charge in [0, 0.05) is 41.4 Å². The van der Waals surface area contributed by atoms with Gasteiger partial charge in [-0.2, -0.15) is 0 Å². The third-order valence-electron chi connectivity index (χ3n) is 7.37. The summed E-state index contributed by atoms with van der Waals surface area (Å²) in [4.78, 5) is 28.7. The van der Waals surface area contributed by atoms with Crippen molar-refractivity contribution in [3.63, 3.8) is 0 Å². The van der Waals surface area contributed by atoms with Gasteiger partial charge in [-0.1, -0.05) is 37.5 Å². The summed E-state index contributed by atoms with van der Waals surface area (Å²) in [6.45, 7) is 0.210. The number of carbonyl (C=O) groups excluding carboxylic acids is 1. The predicted octanol–water partition coefficient (Wildman–Crippen LogP) is 6.43. The molecular formula is C33H35N3O6. The molecule has 0 unspecified atom stereocenters. The summed E-state index contributed by atoms with van der Waals surface area (Å²) in [5.41, 5.74) is 1.87. The van der Waals surface area contributed by atoms with Gasteiger partial charge in [0.15, 0.2) is 11.5 Å². The first-order valence-corrected chi connectivity index (χ1v) is 14.2. The van der Waals surface area contributed by atoms with E-state index in [9.17, 15) is 14.7 Å². The molecule has 0 bridgehead atoms. The summed E-state index contributed by atoms with van der Waals surface area (Å²) in [6, 6.07) is 21.0. The minimum atomic E-state index is -0.871. The zero-order valence-corrected chi connectivity index (χ0v) is 23.5. The van der Waals surface area contributed by atoms with E-state index in [4.69, 9.17) is 14.2 Å². The maximum atomic E-state index is 12.4. The number of hydrogen-bond acceptors (Lipinski definition) is 7. The Labute approximate surface area is 244 Å². The van der Waals surface area contributed by atoms with E-state index in [0.29, 0.717) is 46.2 Å². The number of carboxylic acids is 1. The number of carboxylic acid groups (broad SMARTS) is 1. The fraction of sp³-hybridized carbons (Fsp3) is 0.303. The Kier molecular flexibility index (Phi) is 9.51. The van der Waals surface area contributed by atoms with Crippen LogP contribution in [0.1, 0.15) is 48.9 Å². The van der Waals surface area contributed by atoms with Crippen molar-refractivity contribution >= 4 is 28.5 Å². The van der Waals surface area contributed by atoms with Gasteiger partial charge in [-0.3, -0.25) is 14.6 Å². The minimum absolute atomic E-state index is 0.187. The molecule has 0 saturated heterocycles. The zero-order chi connectivity index (χ0) is 29.3. The lowest BCUT2D eigenvalue weighted by molar-refractivity contribution is -0.140. The number of fused-ring (bicyclic) bond motifs is 1. The van der Waals surface area contributed by atoms with E-state index in [-0.39, 0.29) is 18.6 Å². The highest BCUT2D eigenvalue weighted by molar-refractivity contribution is 6.04. The van der Waals surface area contributed by atoms with E-state index in [2.05, 4.69) is 15.6 Å². The largest absolute Gasteiger partial charge is 0.493 e. The molecule has 42 heavy (non-hydrogen) atoms. The van der Waals surface area contributed by atoms with E-state index in [1.54, 1.807) is 67.9 Å². The molecule has 4 aromatic rings. The highest BCUT2D eigenvalue weighted by atomic mass is 16.5. The minimum Gasteiger partial charge on any atom is -0.493 e. The molecule has 0 radical (unpaired) electrons. The van der Waals surface area contributed by atoms with E-state index < -0.39 is 12.0 Å². The Morgan fingerprint density at radius 2 is 1.71 bits per heavy atom. The molecule has 5 rings (SSSR count). The number of hydrogen-bond donors (Lipinski definition) is 3. The van der Waals surface area contributed by atoms with Gasteiger partial charge in [0.1, 0.15) is 17.5 Å². The molecule has 3 N–H and O–H groups in total. The number of methoxy groups -OCH3 is 1. The van der Waals surface area contributed by atoms with Crippen LogP contribution in [0.15, 0.2) is 79.0 Å². The fourth-order valence-corrected chi connectivity index (χ4v) is 5.13. The first-order chi connectivity index (χ1) is 20.5. The topological polar surface area (TPSA) is 119 Å². The van der Waals surface area contributed by atoms with Crippen LogP contribution >= 0.6 is 0 Å². The van der Waals surface area contributed by atoms with Crippen LogP contribution in [0.3, 0.4) is 0 Å². The number of nitrogens with zero attached hydrogens (tertiary/aromatic N) is 1. The van der Waals surface area contributed by atoms with Gasteiger partial charge in [-0.05, 0) is 61.4 Å². The van der Waals surface area contributed by atoms with Crippen molar-refractivity contribution in [2.75, 3.05) is 19.0 Å². The maximum absolute atomic E-state index is 12.4. The number of benzene rings is 3. The first-order valence-electron chi connectivity index (χ1n) is 14.2. The van der Waals surface area contributed by atoms with Crippen molar-refractivity contribution in [3.05, 3.63) is 84.6 Å². The second-order valence-electron chi connectivity index (χ2n) is 10.3. The summed E-state index contributed by atoms with van der Waals surface area (Å²) < 4.78 is 17.8. The molecule has 1 saturated carbocycles. The molecule has 1 aliphatic carbocycles. The van der Waals surface area contributed by atoms with Crippen LogP contribution in [0.4, 0.5) is 5.69 Å². The number of ether oxygens (including phenoxy) is 3. The monoisotopic (exact) mass is 569 g/mol. The lowest BCUT2D eigenvalue weighted by Crippen LogP contribution is -2.44. The molecule has 0 spiro atoms. The molecular weight excluding hydrogens is 534 g/mol. The third kappa shape index (κ3) is 7.36. The third-order valence-corrected chi connectivity index (χ3v) is 7.37. The smallest absolute Gasteiger partial charge is 0.320 e. The lowest BCUT2D eigenvalue weighted by atomic mass is 9.94. The molecule has 1 fully saturated rings. The number of rotatable bonds is 12. The number of amides is 1. The molecule has 3 aromatic carbocycles. The summed E-state index contributed by atoms with van der Waals surface area (Å²) in [5.74, 6) is 1.08. The standard InChI is InChI=1S/C33H35N3O6/c1-40-30-20-26-28(21-31(30)41-19-17-27(33(38)39)35-23-10-6-3-7-11-23)34-18-16-29(26)42-25-14-12-24(13-15-25)36-32(37)22-8-4-2-5-9-22/h2,4-5,8-9,12-16,18,20-21,23,27,35H,3,6-7,10-11,17,19H2,1H3,(H,36,37)(H,38,39)/t27-/m0/s1. The van der Waals surface area contributed by atoms with Crippen molar-refractivity contribution in [2.24, 2.45) is 0 Å². The number of nitrogens with one attached hydrogen (secondary N) is 2. The second kappa shape index (κ2) is 13.8. The van der Waals surface area contributed by atoms with Gasteiger partial charge in [-0.15, -0.1) is 0 Å². The van der Waals surface area contributed by atoms with Gasteiger partial charge >= 0.3 is 5.97 Å². The van der Waals surface area contributed by atoms with Gasteiger partial charge in [0.25, 0.3) is 5.91 Å². The van der Waals surface area contributed by atoms with E-state index in [1.807, 2.05) is 18.2 Å². The van der Waals surface area contributed by atoms with Crippen LogP contribution in [-0.2, 0) is 4.79 Å². The number of aliphatic carboxylic acids is 1. The highest BCUT2D eigenvalue weighted by Gasteiger charge is 2.23. The molecule has 1 amide bonds. The second-order valence-corrected chi connectivity index (χ2v) is 10.3. The van der Waals surface area contributed by atoms with Crippen molar-refractivity contribution in [3.8, 4) is 23.0 Å². The summed E-state index contributed by atoms with van der Waals surface area (Å²) in [7, 11) is 1.55. The predicted molar refractivity (Wildman–Crippen MR) is 161 cm³/mol. The normalized spacial score (nSPS) is 14.2. The quantitative estimate of drug-likeness (QED) is 0.179. The van der Waals surface area contributed by atoms with Crippen molar-refractivity contribution in [2.45, 2.75) is 50.6 Å². The maximum Gasteiger partial charge on any atom is 0.320 e. The van der Waals surface area contributed by atoms with Gasteiger partial charge in [0.2, 0.25) is 0 Å². The van der Waals surface area contributed by atoms with Crippen molar-refractivity contribution in [1.82, 2.24) is 10.3 Å². The molecule has 1 aromatic heterocycles. The fourth-order valence-electron chi connectivity index (χ4n) is 5.13. The lowest BCUT2D eigenvalue weighted by Gasteiger charge is -2.26. The molecule has 1 aliphatic rings. The summed E-state index contributed by atoms with van der Waals surface area (Å²) in [5, 5.41) is 16.6. The molecule has 0 aliphatic heterocycles. The van der Waals surface area contributed by atoms with Crippen LogP contribution in [0.2, 0.25) is 0 Å². The number of carbonyl (C=O) groups is 2. The van der Waals surface area contributed by atoms with Crippen LogP contribution in [0, 0.1) is 0 Å². The molecule has 1 atom stereocenters. The van der Waals surface area contributed by atoms with Gasteiger partial charge in [-0.25, -0.2) is 0 Å². The van der Waals surface area contributed by atoms with Crippen LogP contribution in [-0.4, -0.2) is 47.8 Å². The number of aromatic nitrogens is 1. The van der Waals surface area contributed by atoms with Crippen LogP contribution in [0.5, 0.6) is 23.0 Å². The number of anilines is 1. The number of pyridine rings is 1. The molecule has 9 heteroatoms. The highest BCUT2D eigenvalue weighted by Crippen LogP contribution is 2.37. The van der Waals surface area contributed by atoms with Crippen molar-refractivity contribution in [1.29, 1.82) is 0 Å². The SMILES string of the molecule is COc1cc2c(Oc3ccc(NC(=O)c4ccccc4)cc3)ccnc2cc1OCC[C@H](NC1CCCCC1)C(=O)O. The molecule has 9 nitrogen and oxygen atoms in total. The Hall–Kier alpha value is -4.63. The first kappa shape index (κ1) is 28.9. The van der Waals surface area contributed by atoms with Crippen LogP contribution in [0.25, 0.3) is 10.9 Å². The Morgan fingerprint density at radius 3 is 2.43 bits per heavy atom. The Morgan fingerprint density at radius 1 is 0.952 bits per heavy atom. The summed E-state index contributed by atoms with van der Waals surface area (Å²) >= 11 is 0. The van der Waals surface area contributed by atoms with E-state index >= 15 is 0 Å². The summed E-state index contributed by atoms with van der Waals surface area (Å²) in [6.07, 6.45) is 7.46. The van der Waals surface area contributed by atoms with Crippen LogP contribution < -0.4 is 24.8 Å². The average Bonchev–Trinajstić information content (AvgIpc) is 3.02. The van der Waals surface area contributed by atoms with Gasteiger partial charge in [0.05, 0.1) is 19.2 Å². The average molecular weight is 570 g/mol. The molecule has 1 heterocycles.